The predicted molar refractivity (Wildman–Crippen MR) is 165 cm³/mol. The average Bonchev–Trinajstić information content (AvgIpc) is 3.45. The van der Waals surface area contributed by atoms with Crippen molar-refractivity contribution in [3.05, 3.63) is 93.8 Å². The summed E-state index contributed by atoms with van der Waals surface area (Å²) in [5, 5.41) is 7.25. The average molecular weight is 627 g/mol. The third-order valence-corrected chi connectivity index (χ3v) is 8.49. The summed E-state index contributed by atoms with van der Waals surface area (Å²) in [5.41, 5.74) is 3.82. The van der Waals surface area contributed by atoms with E-state index in [1.54, 1.807) is 24.3 Å². The number of nitrogens with zero attached hydrogens (tertiary/aromatic N) is 3. The van der Waals surface area contributed by atoms with Crippen molar-refractivity contribution in [1.29, 1.82) is 0 Å². The molecule has 218 valence electrons. The molecule has 5 aromatic rings. The summed E-state index contributed by atoms with van der Waals surface area (Å²) >= 11 is 7.97. The zero-order valence-corrected chi connectivity index (χ0v) is 25.3. The van der Waals surface area contributed by atoms with E-state index >= 15 is 0 Å². The molecule has 8 nitrogen and oxygen atoms in total. The largest absolute Gasteiger partial charge is 0.487 e. The van der Waals surface area contributed by atoms with Crippen LogP contribution in [0, 0.1) is 5.82 Å². The Morgan fingerprint density at radius 3 is 2.71 bits per heavy atom. The molecular weight excluding hydrogens is 599 g/mol. The maximum absolute atomic E-state index is 13.5. The summed E-state index contributed by atoms with van der Waals surface area (Å²) in [7, 11) is -3.10. The van der Waals surface area contributed by atoms with Crippen molar-refractivity contribution < 1.29 is 22.3 Å². The minimum Gasteiger partial charge on any atom is -0.487 e. The summed E-state index contributed by atoms with van der Waals surface area (Å²) in [6.45, 7) is 2.29. The SMILES string of the molecule is CCC(OCCS(C)(=O)=O)c1nc(-c2ccc3ncnc(Nc4ccc(OCc5cccc(F)c5)c(Cl)c4)c3c2)cs1. The van der Waals surface area contributed by atoms with Gasteiger partial charge in [0.25, 0.3) is 0 Å². The van der Waals surface area contributed by atoms with Crippen LogP contribution in [-0.4, -0.2) is 42.0 Å². The lowest BCUT2D eigenvalue weighted by Crippen LogP contribution is -2.13. The number of rotatable bonds is 12. The number of anilines is 2. The zero-order chi connectivity index (χ0) is 29.7. The van der Waals surface area contributed by atoms with Crippen LogP contribution in [0.4, 0.5) is 15.9 Å². The van der Waals surface area contributed by atoms with E-state index in [2.05, 4.69) is 15.3 Å². The quantitative estimate of drug-likeness (QED) is 0.153. The van der Waals surface area contributed by atoms with E-state index < -0.39 is 9.84 Å². The minimum atomic E-state index is -3.10. The van der Waals surface area contributed by atoms with Crippen LogP contribution in [0.15, 0.2) is 72.4 Å². The van der Waals surface area contributed by atoms with Crippen LogP contribution in [0.1, 0.15) is 30.0 Å². The van der Waals surface area contributed by atoms with Crippen LogP contribution >= 0.6 is 22.9 Å². The Bertz CT molecular complexity index is 1820. The fraction of sp³-hybridized carbons (Fsp3) is 0.233. The van der Waals surface area contributed by atoms with Crippen LogP contribution < -0.4 is 10.1 Å². The lowest BCUT2D eigenvalue weighted by Gasteiger charge is -2.13. The number of hydrogen-bond acceptors (Lipinski definition) is 9. The Balaban J connectivity index is 1.32. The van der Waals surface area contributed by atoms with Crippen molar-refractivity contribution in [2.45, 2.75) is 26.1 Å². The highest BCUT2D eigenvalue weighted by Gasteiger charge is 2.17. The number of halogens is 2. The highest BCUT2D eigenvalue weighted by Crippen LogP contribution is 2.34. The number of benzene rings is 3. The molecule has 2 aromatic heterocycles. The molecule has 1 unspecified atom stereocenters. The molecule has 0 saturated carbocycles. The van der Waals surface area contributed by atoms with Crippen molar-refractivity contribution in [3.63, 3.8) is 0 Å². The fourth-order valence-corrected chi connectivity index (χ4v) is 5.80. The Kier molecular flexibility index (Phi) is 9.32. The molecule has 1 N–H and O–H groups in total. The first-order chi connectivity index (χ1) is 20.2. The van der Waals surface area contributed by atoms with Gasteiger partial charge in [-0.3, -0.25) is 0 Å². The smallest absolute Gasteiger partial charge is 0.149 e. The lowest BCUT2D eigenvalue weighted by atomic mass is 10.1. The van der Waals surface area contributed by atoms with E-state index in [9.17, 15) is 12.8 Å². The van der Waals surface area contributed by atoms with Crippen LogP contribution in [0.5, 0.6) is 5.75 Å². The summed E-state index contributed by atoms with van der Waals surface area (Å²) < 4.78 is 48.0. The van der Waals surface area contributed by atoms with Crippen molar-refractivity contribution in [2.75, 3.05) is 23.9 Å². The maximum atomic E-state index is 13.5. The monoisotopic (exact) mass is 626 g/mol. The third kappa shape index (κ3) is 7.60. The number of sulfone groups is 1. The van der Waals surface area contributed by atoms with Crippen LogP contribution in [0.25, 0.3) is 22.2 Å². The van der Waals surface area contributed by atoms with E-state index in [4.69, 9.17) is 26.1 Å². The van der Waals surface area contributed by atoms with Gasteiger partial charge in [0.15, 0.2) is 0 Å². The molecule has 0 spiro atoms. The van der Waals surface area contributed by atoms with Gasteiger partial charge in [-0.15, -0.1) is 11.3 Å². The first kappa shape index (κ1) is 29.8. The Labute approximate surface area is 252 Å². The highest BCUT2D eigenvalue weighted by molar-refractivity contribution is 7.90. The molecule has 3 aromatic carbocycles. The first-order valence-corrected chi connectivity index (χ1v) is 16.4. The molecule has 12 heteroatoms. The second-order valence-electron chi connectivity index (χ2n) is 9.61. The van der Waals surface area contributed by atoms with E-state index in [0.29, 0.717) is 34.3 Å². The molecule has 0 aliphatic heterocycles. The van der Waals surface area contributed by atoms with E-state index in [1.807, 2.05) is 36.6 Å². The summed E-state index contributed by atoms with van der Waals surface area (Å²) in [6, 6.07) is 17.4. The molecule has 0 saturated heterocycles. The Morgan fingerprint density at radius 1 is 1.10 bits per heavy atom. The molecule has 0 bridgehead atoms. The standard InChI is InChI=1S/C30H28ClFN4O4S2/c1-3-27(39-11-12-42(2,37)38)30-36-26(17-41-30)20-7-9-25-23(14-20)29(34-18-33-25)35-22-8-10-28(24(31)15-22)40-16-19-5-4-6-21(32)13-19/h4-10,13-15,17-18,27H,3,11-12,16H2,1-2H3,(H,33,34,35). The Hall–Kier alpha value is -3.64. The van der Waals surface area contributed by atoms with E-state index in [-0.39, 0.29) is 30.9 Å². The summed E-state index contributed by atoms with van der Waals surface area (Å²) in [6.07, 6.45) is 3.08. The maximum Gasteiger partial charge on any atom is 0.149 e. The topological polar surface area (TPSA) is 103 Å². The van der Waals surface area contributed by atoms with Gasteiger partial charge in [0.2, 0.25) is 0 Å². The normalized spacial score (nSPS) is 12.4. The van der Waals surface area contributed by atoms with Crippen molar-refractivity contribution in [2.24, 2.45) is 0 Å². The molecule has 5 rings (SSSR count). The van der Waals surface area contributed by atoms with Gasteiger partial charge in [-0.25, -0.2) is 27.8 Å². The second kappa shape index (κ2) is 13.1. The van der Waals surface area contributed by atoms with Gasteiger partial charge in [0, 0.05) is 28.3 Å². The number of fused-ring (bicyclic) bond motifs is 1. The molecule has 0 aliphatic carbocycles. The van der Waals surface area contributed by atoms with Gasteiger partial charge < -0.3 is 14.8 Å². The fourth-order valence-electron chi connectivity index (χ4n) is 4.21. The number of thiazole rings is 1. The van der Waals surface area contributed by atoms with Crippen LogP contribution in [-0.2, 0) is 21.2 Å². The molecule has 0 amide bonds. The predicted octanol–water partition coefficient (Wildman–Crippen LogP) is 7.38. The van der Waals surface area contributed by atoms with E-state index in [0.717, 1.165) is 27.2 Å². The van der Waals surface area contributed by atoms with E-state index in [1.165, 1.54) is 36.1 Å². The summed E-state index contributed by atoms with van der Waals surface area (Å²) in [4.78, 5) is 13.6. The molecular formula is C30H28ClFN4O4S2. The van der Waals surface area contributed by atoms with Gasteiger partial charge in [-0.05, 0) is 54.4 Å². The first-order valence-electron chi connectivity index (χ1n) is 13.1. The molecule has 42 heavy (non-hydrogen) atoms. The second-order valence-corrected chi connectivity index (χ2v) is 13.2. The number of hydrogen-bond donors (Lipinski definition) is 1. The lowest BCUT2D eigenvalue weighted by molar-refractivity contribution is 0.0610. The number of nitrogens with one attached hydrogen (secondary N) is 1. The number of aromatic nitrogens is 3. The number of ether oxygens (including phenoxy) is 2. The molecule has 0 radical (unpaired) electrons. The molecule has 1 atom stereocenters. The molecule has 0 fully saturated rings. The van der Waals surface area contributed by atoms with Crippen molar-refractivity contribution in [3.8, 4) is 17.0 Å². The summed E-state index contributed by atoms with van der Waals surface area (Å²) in [5.74, 6) is 0.722. The van der Waals surface area contributed by atoms with Gasteiger partial charge in [-0.1, -0.05) is 36.7 Å². The third-order valence-electron chi connectivity index (χ3n) is 6.35. The van der Waals surface area contributed by atoms with Gasteiger partial charge >= 0.3 is 0 Å². The van der Waals surface area contributed by atoms with Crippen molar-refractivity contribution in [1.82, 2.24) is 15.0 Å². The molecule has 0 aliphatic rings. The van der Waals surface area contributed by atoms with Gasteiger partial charge in [0.1, 0.15) is 51.3 Å². The minimum absolute atomic E-state index is 0.0297. The van der Waals surface area contributed by atoms with Crippen molar-refractivity contribution >= 4 is 55.2 Å². The Morgan fingerprint density at radius 2 is 1.95 bits per heavy atom. The van der Waals surface area contributed by atoms with Gasteiger partial charge in [-0.2, -0.15) is 0 Å². The molecule has 2 heterocycles. The van der Waals surface area contributed by atoms with Crippen LogP contribution in [0.3, 0.4) is 0 Å². The van der Waals surface area contributed by atoms with Gasteiger partial charge in [0.05, 0.1) is 28.6 Å². The zero-order valence-electron chi connectivity index (χ0n) is 22.9. The van der Waals surface area contributed by atoms with Crippen LogP contribution in [0.2, 0.25) is 5.02 Å². The highest BCUT2D eigenvalue weighted by atomic mass is 35.5.